The Morgan fingerprint density at radius 1 is 1.45 bits per heavy atom. The molecule has 0 atom stereocenters. The molecule has 8 heteroatoms. The zero-order valence-corrected chi connectivity index (χ0v) is 14.2. The molecule has 0 bridgehead atoms. The lowest BCUT2D eigenvalue weighted by molar-refractivity contribution is 0.0945. The maximum atomic E-state index is 12.4. The Hall–Kier alpha value is -0.990. The van der Waals surface area contributed by atoms with Crippen molar-refractivity contribution in [2.75, 3.05) is 12.5 Å². The van der Waals surface area contributed by atoms with E-state index in [0.717, 1.165) is 20.5 Å². The zero-order valence-electron chi connectivity index (χ0n) is 11.8. The number of nitrogens with one attached hydrogen (secondary N) is 1. The number of amides is 1. The highest BCUT2D eigenvalue weighted by atomic mass is 32.2. The fourth-order valence-corrected chi connectivity index (χ4v) is 4.10. The van der Waals surface area contributed by atoms with Crippen molar-refractivity contribution in [1.82, 2.24) is 19.5 Å². The predicted octanol–water partition coefficient (Wildman–Crippen LogP) is 2.56. The third-order valence-corrected chi connectivity index (χ3v) is 5.53. The summed E-state index contributed by atoms with van der Waals surface area (Å²) in [6.07, 6.45) is 5.81. The van der Waals surface area contributed by atoms with Gasteiger partial charge in [0.05, 0.1) is 15.5 Å². The van der Waals surface area contributed by atoms with Crippen molar-refractivity contribution in [2.24, 2.45) is 7.05 Å². The van der Waals surface area contributed by atoms with Crippen LogP contribution in [0.4, 0.5) is 0 Å². The second-order valence-corrected chi connectivity index (χ2v) is 6.80. The van der Waals surface area contributed by atoms with E-state index < -0.39 is 0 Å². The van der Waals surface area contributed by atoms with Crippen LogP contribution in [0.1, 0.15) is 21.6 Å². The van der Waals surface area contributed by atoms with Crippen LogP contribution in [-0.2, 0) is 13.6 Å². The molecule has 108 valence electrons. The molecule has 0 radical (unpaired) electrons. The summed E-state index contributed by atoms with van der Waals surface area (Å²) in [5.41, 5.74) is 2.66. The Morgan fingerprint density at radius 3 is 2.75 bits per heavy atom. The summed E-state index contributed by atoms with van der Waals surface area (Å²) in [5.74, 6) is -0.0734. The van der Waals surface area contributed by atoms with Crippen molar-refractivity contribution < 1.29 is 4.79 Å². The Labute approximate surface area is 130 Å². The maximum Gasteiger partial charge on any atom is 0.256 e. The predicted molar refractivity (Wildman–Crippen MR) is 84.8 cm³/mol. The van der Waals surface area contributed by atoms with E-state index in [1.807, 2.05) is 32.7 Å². The van der Waals surface area contributed by atoms with Gasteiger partial charge in [-0.2, -0.15) is 9.47 Å². The molecule has 0 spiro atoms. The molecule has 2 aromatic rings. The van der Waals surface area contributed by atoms with Crippen LogP contribution in [0.5, 0.6) is 0 Å². The summed E-state index contributed by atoms with van der Waals surface area (Å²) >= 11 is 4.42. The molecule has 0 fully saturated rings. The largest absolute Gasteiger partial charge is 0.348 e. The second-order valence-electron chi connectivity index (χ2n) is 4.15. The van der Waals surface area contributed by atoms with Crippen molar-refractivity contribution in [3.63, 3.8) is 0 Å². The van der Waals surface area contributed by atoms with E-state index in [-0.39, 0.29) is 5.91 Å². The van der Waals surface area contributed by atoms with Gasteiger partial charge in [0.25, 0.3) is 5.91 Å². The number of rotatable bonds is 5. The van der Waals surface area contributed by atoms with Gasteiger partial charge in [-0.15, -0.1) is 23.5 Å². The lowest BCUT2D eigenvalue weighted by atomic mass is 10.2. The second kappa shape index (κ2) is 6.64. The quantitative estimate of drug-likeness (QED) is 0.855. The molecule has 0 aliphatic rings. The number of carbonyl (C=O) groups is 1. The normalized spacial score (nSPS) is 10.8. The molecule has 2 aromatic heterocycles. The average molecular weight is 328 g/mol. The van der Waals surface area contributed by atoms with Crippen LogP contribution >= 0.6 is 35.1 Å². The molecule has 1 amide bonds. The summed E-state index contributed by atoms with van der Waals surface area (Å²) in [5, 5.41) is 8.01. The minimum Gasteiger partial charge on any atom is -0.348 e. The standard InChI is InChI=1S/C12H16N4OS3/c1-7-8(6-16(2)14-7)5-13-10(17)9-11(18-3)15-20-12(9)19-4/h6H,5H2,1-4H3,(H,13,17). The van der Waals surface area contributed by atoms with Gasteiger partial charge in [0.15, 0.2) is 0 Å². The molecule has 5 nitrogen and oxygen atoms in total. The molecule has 0 saturated heterocycles. The minimum atomic E-state index is -0.0734. The van der Waals surface area contributed by atoms with Crippen LogP contribution in [0.2, 0.25) is 0 Å². The molecular weight excluding hydrogens is 312 g/mol. The summed E-state index contributed by atoms with van der Waals surface area (Å²) in [4.78, 5) is 12.4. The van der Waals surface area contributed by atoms with E-state index in [1.165, 1.54) is 23.3 Å². The van der Waals surface area contributed by atoms with Crippen LogP contribution in [0, 0.1) is 6.92 Å². The van der Waals surface area contributed by atoms with E-state index >= 15 is 0 Å². The summed E-state index contributed by atoms with van der Waals surface area (Å²) in [7, 11) is 1.87. The van der Waals surface area contributed by atoms with Gasteiger partial charge >= 0.3 is 0 Å². The van der Waals surface area contributed by atoms with Crippen molar-refractivity contribution >= 4 is 41.0 Å². The number of nitrogens with zero attached hydrogens (tertiary/aromatic N) is 3. The highest BCUT2D eigenvalue weighted by molar-refractivity contribution is 8.01. The number of thioether (sulfide) groups is 2. The van der Waals surface area contributed by atoms with E-state index in [4.69, 9.17) is 0 Å². The molecular formula is C12H16N4OS3. The third kappa shape index (κ3) is 3.18. The van der Waals surface area contributed by atoms with Crippen LogP contribution < -0.4 is 5.32 Å². The van der Waals surface area contributed by atoms with Gasteiger partial charge in [0, 0.05) is 25.4 Å². The van der Waals surface area contributed by atoms with Gasteiger partial charge in [-0.05, 0) is 31.0 Å². The molecule has 0 aromatic carbocycles. The number of aromatic nitrogens is 3. The molecule has 0 aliphatic heterocycles. The van der Waals surface area contributed by atoms with E-state index in [2.05, 4.69) is 14.8 Å². The van der Waals surface area contributed by atoms with Crippen molar-refractivity contribution in [2.45, 2.75) is 22.7 Å². The summed E-state index contributed by atoms with van der Waals surface area (Å²) in [6, 6.07) is 0. The van der Waals surface area contributed by atoms with Gasteiger partial charge in [-0.25, -0.2) is 0 Å². The number of aryl methyl sites for hydroxylation is 2. The topological polar surface area (TPSA) is 59.8 Å². The first-order valence-corrected chi connectivity index (χ1v) is 9.14. The molecule has 2 rings (SSSR count). The van der Waals surface area contributed by atoms with Gasteiger partial charge in [0.1, 0.15) is 5.03 Å². The SMILES string of the molecule is CSc1nsc(SC)c1C(=O)NCc1cn(C)nc1C. The van der Waals surface area contributed by atoms with Gasteiger partial charge in [-0.3, -0.25) is 9.48 Å². The van der Waals surface area contributed by atoms with E-state index in [0.29, 0.717) is 12.1 Å². The molecule has 1 N–H and O–H groups in total. The first-order chi connectivity index (χ1) is 9.56. The smallest absolute Gasteiger partial charge is 0.256 e. The van der Waals surface area contributed by atoms with Gasteiger partial charge in [0.2, 0.25) is 0 Å². The summed E-state index contributed by atoms with van der Waals surface area (Å²) in [6.45, 7) is 2.42. The molecule has 2 heterocycles. The number of hydrogen-bond donors (Lipinski definition) is 1. The van der Waals surface area contributed by atoms with E-state index in [1.54, 1.807) is 16.4 Å². The van der Waals surface area contributed by atoms with Gasteiger partial charge in [-0.1, -0.05) is 0 Å². The van der Waals surface area contributed by atoms with Crippen LogP contribution in [-0.4, -0.2) is 32.6 Å². The molecule has 0 saturated carbocycles. The van der Waals surface area contributed by atoms with Crippen LogP contribution in [0.25, 0.3) is 0 Å². The molecule has 20 heavy (non-hydrogen) atoms. The Bertz CT molecular complexity index is 599. The van der Waals surface area contributed by atoms with Crippen LogP contribution in [0.3, 0.4) is 0 Å². The number of hydrogen-bond acceptors (Lipinski definition) is 6. The fourth-order valence-electron chi connectivity index (χ4n) is 1.82. The first kappa shape index (κ1) is 15.4. The van der Waals surface area contributed by atoms with Crippen molar-refractivity contribution in [3.05, 3.63) is 23.0 Å². The lowest BCUT2D eigenvalue weighted by Gasteiger charge is -2.05. The maximum absolute atomic E-state index is 12.4. The number of carbonyl (C=O) groups excluding carboxylic acids is 1. The van der Waals surface area contributed by atoms with Crippen LogP contribution in [0.15, 0.2) is 15.4 Å². The molecule has 0 unspecified atom stereocenters. The Kier molecular flexibility index (Phi) is 5.11. The first-order valence-electron chi connectivity index (χ1n) is 5.91. The highest BCUT2D eigenvalue weighted by Gasteiger charge is 2.20. The minimum absolute atomic E-state index is 0.0734. The Balaban J connectivity index is 2.12. The lowest BCUT2D eigenvalue weighted by Crippen LogP contribution is -2.23. The van der Waals surface area contributed by atoms with E-state index in [9.17, 15) is 4.79 Å². The van der Waals surface area contributed by atoms with Gasteiger partial charge < -0.3 is 5.32 Å². The zero-order chi connectivity index (χ0) is 14.7. The fraction of sp³-hybridized carbons (Fsp3) is 0.417. The summed E-state index contributed by atoms with van der Waals surface area (Å²) < 4.78 is 7.02. The van der Waals surface area contributed by atoms with Crippen molar-refractivity contribution in [1.29, 1.82) is 0 Å². The third-order valence-electron chi connectivity index (χ3n) is 2.79. The highest BCUT2D eigenvalue weighted by Crippen LogP contribution is 2.32. The molecule has 0 aliphatic carbocycles. The average Bonchev–Trinajstić information content (AvgIpc) is 2.98. The Morgan fingerprint density at radius 2 is 2.20 bits per heavy atom. The van der Waals surface area contributed by atoms with Crippen molar-refractivity contribution in [3.8, 4) is 0 Å². The monoisotopic (exact) mass is 328 g/mol.